The molecule has 0 fully saturated rings. The predicted octanol–water partition coefficient (Wildman–Crippen LogP) is -1.35. The van der Waals surface area contributed by atoms with Crippen molar-refractivity contribution in [1.29, 1.82) is 0 Å². The minimum atomic E-state index is -0.684. The van der Waals surface area contributed by atoms with Crippen molar-refractivity contribution in [3.8, 4) is 0 Å². The summed E-state index contributed by atoms with van der Waals surface area (Å²) in [5, 5.41) is 7.76. The molecule has 4 heteroatoms. The van der Waals surface area contributed by atoms with Crippen LogP contribution < -0.4 is 0 Å². The van der Waals surface area contributed by atoms with Gasteiger partial charge in [0.25, 0.3) is 0 Å². The van der Waals surface area contributed by atoms with Crippen LogP contribution in [0.3, 0.4) is 0 Å². The van der Waals surface area contributed by atoms with Crippen LogP contribution in [0.5, 0.6) is 0 Å². The molecule has 0 spiro atoms. The summed E-state index contributed by atoms with van der Waals surface area (Å²) >= 11 is 0.774. The van der Waals surface area contributed by atoms with Crippen LogP contribution >= 0.6 is 0 Å². The van der Waals surface area contributed by atoms with Gasteiger partial charge < -0.3 is 5.11 Å². The lowest BCUT2D eigenvalue weighted by Gasteiger charge is -1.69. The quantitative estimate of drug-likeness (QED) is 0.400. The first-order valence-electron chi connectivity index (χ1n) is 1.49. The SMILES string of the molecule is O=C(O)[BH][AlH2]. The molecule has 0 bridgehead atoms. The summed E-state index contributed by atoms with van der Waals surface area (Å²) < 4.78 is 0. The van der Waals surface area contributed by atoms with Crippen LogP contribution in [0.1, 0.15) is 0 Å². The Balaban J connectivity index is 2.85. The van der Waals surface area contributed by atoms with Gasteiger partial charge in [0.1, 0.15) is 0 Å². The fourth-order valence-corrected chi connectivity index (χ4v) is 0. The predicted molar refractivity (Wildman–Crippen MR) is 23.7 cm³/mol. The van der Waals surface area contributed by atoms with Crippen molar-refractivity contribution in [2.24, 2.45) is 0 Å². The Bertz CT molecular complexity index is 44.9. The van der Waals surface area contributed by atoms with Crippen LogP contribution in [0, 0.1) is 0 Å². The molecule has 26 valence electrons. The van der Waals surface area contributed by atoms with Gasteiger partial charge in [-0.05, 0) is 0 Å². The van der Waals surface area contributed by atoms with Gasteiger partial charge in [-0.1, -0.05) is 0 Å². The van der Waals surface area contributed by atoms with Gasteiger partial charge in [0.2, 0.25) is 5.87 Å². The van der Waals surface area contributed by atoms with Crippen molar-refractivity contribution < 1.29 is 9.90 Å². The molecule has 0 aliphatic carbocycles. The van der Waals surface area contributed by atoms with Crippen LogP contribution in [0.25, 0.3) is 0 Å². The van der Waals surface area contributed by atoms with E-state index in [1.165, 1.54) is 0 Å². The Kier molecular flexibility index (Phi) is 2.34. The van der Waals surface area contributed by atoms with E-state index in [1.807, 2.05) is 0 Å². The van der Waals surface area contributed by atoms with E-state index in [2.05, 4.69) is 0 Å². The first kappa shape index (κ1) is 5.07. The highest BCUT2D eigenvalue weighted by Gasteiger charge is 1.85. The molecular weight excluding hydrogens is 81.8 g/mol. The Hall–Kier alpha value is 0.0674. The molecule has 5 heavy (non-hydrogen) atoms. The van der Waals surface area contributed by atoms with E-state index >= 15 is 0 Å². The largest absolute Gasteiger partial charge is 0.490 e. The third-order valence-corrected chi connectivity index (χ3v) is 0.907. The zero-order valence-electron chi connectivity index (χ0n) is 3.06. The molecule has 0 radical (unpaired) electrons. The van der Waals surface area contributed by atoms with E-state index in [1.54, 1.807) is 0 Å². The summed E-state index contributed by atoms with van der Waals surface area (Å²) in [6, 6.07) is 0.361. The van der Waals surface area contributed by atoms with E-state index in [4.69, 9.17) is 5.11 Å². The van der Waals surface area contributed by atoms with Gasteiger partial charge in [-0.2, -0.15) is 0 Å². The van der Waals surface area contributed by atoms with Crippen molar-refractivity contribution in [3.05, 3.63) is 0 Å². The average Bonchev–Trinajstić information content (AvgIpc) is 1.38. The summed E-state index contributed by atoms with van der Waals surface area (Å²) in [6.45, 7) is 0. The van der Waals surface area contributed by atoms with Crippen molar-refractivity contribution in [2.75, 3.05) is 0 Å². The molecule has 0 aromatic rings. The monoisotopic (exact) mass is 86.0 g/mol. The number of hydrogen-bond donors (Lipinski definition) is 1. The summed E-state index contributed by atoms with van der Waals surface area (Å²) in [5.41, 5.74) is 0. The molecule has 0 aliphatic rings. The summed E-state index contributed by atoms with van der Waals surface area (Å²) in [5.74, 6) is -0.684. The second-order valence-corrected chi connectivity index (χ2v) is 1.45. The molecule has 0 unspecified atom stereocenters. The molecule has 0 amide bonds. The van der Waals surface area contributed by atoms with Gasteiger partial charge in [-0.15, -0.1) is 0 Å². The number of carboxylic acid groups (broad SMARTS) is 1. The van der Waals surface area contributed by atoms with Gasteiger partial charge in [0.05, 0.1) is 0 Å². The molecule has 1 N–H and O–H groups in total. The number of hydrogen-bond acceptors (Lipinski definition) is 1. The van der Waals surface area contributed by atoms with Crippen molar-refractivity contribution >= 4 is 28.0 Å². The molecule has 0 saturated carbocycles. The maximum Gasteiger partial charge on any atom is 0.231 e. The maximum absolute atomic E-state index is 9.40. The van der Waals surface area contributed by atoms with Crippen LogP contribution in [0.15, 0.2) is 0 Å². The van der Waals surface area contributed by atoms with E-state index in [0.717, 1.165) is 16.1 Å². The highest BCUT2D eigenvalue weighted by molar-refractivity contribution is 7.07. The van der Waals surface area contributed by atoms with Crippen molar-refractivity contribution in [3.63, 3.8) is 0 Å². The Morgan fingerprint density at radius 2 is 2.20 bits per heavy atom. The minimum absolute atomic E-state index is 0.361. The van der Waals surface area contributed by atoms with E-state index in [9.17, 15) is 4.79 Å². The molecule has 0 aliphatic heterocycles. The topological polar surface area (TPSA) is 37.3 Å². The molecule has 0 aromatic heterocycles. The van der Waals surface area contributed by atoms with Crippen molar-refractivity contribution in [2.45, 2.75) is 0 Å². The highest BCUT2D eigenvalue weighted by Crippen LogP contribution is 1.51. The third-order valence-electron chi connectivity index (χ3n) is 0.302. The Morgan fingerprint density at radius 3 is 2.20 bits per heavy atom. The van der Waals surface area contributed by atoms with Crippen LogP contribution in [-0.2, 0) is 0 Å². The van der Waals surface area contributed by atoms with Gasteiger partial charge in [-0.3, -0.25) is 4.79 Å². The lowest BCUT2D eigenvalue weighted by molar-refractivity contribution is 0.220. The second kappa shape index (κ2) is 2.31. The highest BCUT2D eigenvalue weighted by atomic mass is 27.0. The first-order chi connectivity index (χ1) is 2.27. The zero-order chi connectivity index (χ0) is 4.28. The van der Waals surface area contributed by atoms with Gasteiger partial charge in [0.15, 0.2) is 22.2 Å². The summed E-state index contributed by atoms with van der Waals surface area (Å²) in [6.07, 6.45) is 0. The normalized spacial score (nSPS) is 6.40. The first-order valence-corrected chi connectivity index (χ1v) is 2.90. The smallest absolute Gasteiger partial charge is 0.231 e. The number of carbonyl (C=O) groups is 1. The fourth-order valence-electron chi connectivity index (χ4n) is 0. The third kappa shape index (κ3) is 4.07. The van der Waals surface area contributed by atoms with E-state index < -0.39 is 5.87 Å². The minimum Gasteiger partial charge on any atom is -0.490 e. The van der Waals surface area contributed by atoms with Gasteiger partial charge in [0, 0.05) is 0 Å². The number of rotatable bonds is 1. The van der Waals surface area contributed by atoms with Gasteiger partial charge in [-0.25, -0.2) is 0 Å². The summed E-state index contributed by atoms with van der Waals surface area (Å²) in [7, 11) is 0. The van der Waals surface area contributed by atoms with Crippen LogP contribution in [0.4, 0.5) is 4.79 Å². The van der Waals surface area contributed by atoms with Crippen molar-refractivity contribution in [1.82, 2.24) is 0 Å². The second-order valence-electron chi connectivity index (χ2n) is 0.747. The van der Waals surface area contributed by atoms with E-state index in [-0.39, 0.29) is 0 Å². The molecular formula is CH4AlBO2. The summed E-state index contributed by atoms with van der Waals surface area (Å²) in [4.78, 5) is 9.40. The Labute approximate surface area is 38.7 Å². The molecule has 0 rings (SSSR count). The van der Waals surface area contributed by atoms with E-state index in [0.29, 0.717) is 6.05 Å². The average molecular weight is 85.8 g/mol. The lowest BCUT2D eigenvalue weighted by Crippen LogP contribution is -2.02. The molecule has 0 atom stereocenters. The maximum atomic E-state index is 9.40. The fraction of sp³-hybridized carbons (Fsp3) is 0. The lowest BCUT2D eigenvalue weighted by atomic mass is 10.1. The van der Waals surface area contributed by atoms with Crippen LogP contribution in [-0.4, -0.2) is 33.1 Å². The molecule has 0 aromatic carbocycles. The molecule has 2 nitrogen and oxygen atoms in total. The molecule has 0 saturated heterocycles. The molecule has 0 heterocycles. The standard InChI is InChI=1S/CHBO2.Al.2H/c2-1(3)4;;;/h2H;;;/q;-1;;/p+1. The zero-order valence-corrected chi connectivity index (χ0v) is 5.06. The Morgan fingerprint density at radius 1 is 2.00 bits per heavy atom. The van der Waals surface area contributed by atoms with Crippen LogP contribution in [0.2, 0.25) is 0 Å². The van der Waals surface area contributed by atoms with Gasteiger partial charge >= 0.3 is 0 Å².